The lowest BCUT2D eigenvalue weighted by molar-refractivity contribution is 1.08. The Morgan fingerprint density at radius 3 is 1.30 bits per heavy atom. The summed E-state index contributed by atoms with van der Waals surface area (Å²) >= 11 is 0. The number of para-hydroxylation sites is 5. The number of rotatable bonds is 6. The van der Waals surface area contributed by atoms with E-state index in [0.717, 1.165) is 72.3 Å². The summed E-state index contributed by atoms with van der Waals surface area (Å²) in [6.07, 6.45) is 0. The average Bonchev–Trinajstić information content (AvgIpc) is 4.05. The van der Waals surface area contributed by atoms with E-state index in [1.54, 1.807) is 0 Å². The van der Waals surface area contributed by atoms with Crippen LogP contribution in [0, 0.1) is 0 Å². The van der Waals surface area contributed by atoms with Gasteiger partial charge >= 0.3 is 0 Å². The molecule has 0 radical (unpaired) electrons. The van der Waals surface area contributed by atoms with E-state index in [4.69, 9.17) is 9.97 Å². The van der Waals surface area contributed by atoms with Crippen LogP contribution in [0.4, 0.5) is 0 Å². The molecule has 0 bridgehead atoms. The van der Waals surface area contributed by atoms with Gasteiger partial charge in [-0.2, -0.15) is 0 Å². The van der Waals surface area contributed by atoms with Crippen molar-refractivity contribution in [3.63, 3.8) is 0 Å². The summed E-state index contributed by atoms with van der Waals surface area (Å²) in [7, 11) is 0. The molecule has 0 aliphatic carbocycles. The monoisotopic (exact) mass is 853 g/mol. The van der Waals surface area contributed by atoms with Gasteiger partial charge in [-0.05, 0) is 95.1 Å². The quantitative estimate of drug-likeness (QED) is 0.167. The Balaban J connectivity index is 1.06. The Bertz CT molecular complexity index is 4200. The minimum atomic E-state index is 0.803. The van der Waals surface area contributed by atoms with Gasteiger partial charge in [0, 0.05) is 43.6 Å². The maximum absolute atomic E-state index is 5.41. The molecule has 0 amide bonds. The molecular weight excluding hydrogens is 815 g/mol. The topological polar surface area (TPSA) is 40.6 Å². The highest BCUT2D eigenvalue weighted by molar-refractivity contribution is 6.29. The molecular formula is C62H39N5. The highest BCUT2D eigenvalue weighted by atomic mass is 15.1. The summed E-state index contributed by atoms with van der Waals surface area (Å²) in [4.78, 5) is 10.7. The van der Waals surface area contributed by atoms with E-state index in [2.05, 4.69) is 226 Å². The van der Waals surface area contributed by atoms with E-state index in [9.17, 15) is 0 Å². The van der Waals surface area contributed by atoms with Gasteiger partial charge in [0.15, 0.2) is 5.82 Å². The molecule has 5 heteroatoms. The van der Waals surface area contributed by atoms with Gasteiger partial charge in [-0.3, -0.25) is 4.57 Å². The van der Waals surface area contributed by atoms with E-state index < -0.39 is 0 Å². The first-order chi connectivity index (χ1) is 33.3. The molecule has 312 valence electrons. The number of fused-ring (bicyclic) bond motifs is 11. The molecule has 0 saturated heterocycles. The smallest absolute Gasteiger partial charge is 0.165 e. The van der Waals surface area contributed by atoms with E-state index in [1.165, 1.54) is 54.8 Å². The summed E-state index contributed by atoms with van der Waals surface area (Å²) < 4.78 is 7.28. The van der Waals surface area contributed by atoms with Crippen molar-refractivity contribution in [2.75, 3.05) is 0 Å². The summed E-state index contributed by atoms with van der Waals surface area (Å²) in [6, 6.07) is 85.0. The van der Waals surface area contributed by atoms with Crippen LogP contribution >= 0.6 is 0 Å². The fourth-order valence-corrected chi connectivity index (χ4v) is 10.7. The van der Waals surface area contributed by atoms with Gasteiger partial charge in [-0.25, -0.2) is 9.97 Å². The Morgan fingerprint density at radius 1 is 0.269 bits per heavy atom. The maximum Gasteiger partial charge on any atom is 0.165 e. The number of aromatic nitrogens is 5. The minimum Gasteiger partial charge on any atom is -0.309 e. The highest BCUT2D eigenvalue weighted by Gasteiger charge is 2.25. The Morgan fingerprint density at radius 2 is 0.701 bits per heavy atom. The Kier molecular flexibility index (Phi) is 8.21. The van der Waals surface area contributed by atoms with Crippen molar-refractivity contribution in [1.82, 2.24) is 23.7 Å². The van der Waals surface area contributed by atoms with E-state index in [1.807, 2.05) is 24.3 Å². The van der Waals surface area contributed by atoms with E-state index in [0.29, 0.717) is 0 Å². The van der Waals surface area contributed by atoms with Gasteiger partial charge in [0.05, 0.1) is 49.8 Å². The van der Waals surface area contributed by atoms with Crippen LogP contribution in [0.1, 0.15) is 0 Å². The number of benzene rings is 10. The highest BCUT2D eigenvalue weighted by Crippen LogP contribution is 2.46. The molecule has 14 rings (SSSR count). The van der Waals surface area contributed by atoms with Gasteiger partial charge in [0.2, 0.25) is 0 Å². The van der Waals surface area contributed by atoms with Crippen LogP contribution in [0.2, 0.25) is 0 Å². The molecule has 0 atom stereocenters. The van der Waals surface area contributed by atoms with Crippen LogP contribution in [0.25, 0.3) is 127 Å². The first-order valence-electron chi connectivity index (χ1n) is 22.8. The first-order valence-corrected chi connectivity index (χ1v) is 22.8. The SMILES string of the molecule is c1ccc(-c2cc(-c3ccccc3)cc(-n3c4ccccc4c4c5c6ccccc6n(-c6cccc7c6c6ccccc6n7-c6nc7ccccc7nc6-c6ccccc6)c5ccc43)c2)cc1. The van der Waals surface area contributed by atoms with Gasteiger partial charge < -0.3 is 9.13 Å². The van der Waals surface area contributed by atoms with Crippen LogP contribution in [0.3, 0.4) is 0 Å². The normalized spacial score (nSPS) is 11.9. The third-order valence-corrected chi connectivity index (χ3v) is 13.6. The third kappa shape index (κ3) is 5.68. The van der Waals surface area contributed by atoms with Crippen LogP contribution in [-0.4, -0.2) is 23.7 Å². The van der Waals surface area contributed by atoms with E-state index >= 15 is 0 Å². The molecule has 0 aliphatic heterocycles. The van der Waals surface area contributed by atoms with Crippen molar-refractivity contribution in [1.29, 1.82) is 0 Å². The number of hydrogen-bond acceptors (Lipinski definition) is 2. The third-order valence-electron chi connectivity index (χ3n) is 13.6. The molecule has 5 nitrogen and oxygen atoms in total. The largest absolute Gasteiger partial charge is 0.309 e. The average molecular weight is 854 g/mol. The molecule has 67 heavy (non-hydrogen) atoms. The van der Waals surface area contributed by atoms with Gasteiger partial charge in [-0.1, -0.05) is 164 Å². The van der Waals surface area contributed by atoms with Crippen LogP contribution < -0.4 is 0 Å². The maximum atomic E-state index is 5.41. The van der Waals surface area contributed by atoms with Gasteiger partial charge in [0.25, 0.3) is 0 Å². The second kappa shape index (κ2) is 14.7. The molecule has 0 saturated carbocycles. The lowest BCUT2D eigenvalue weighted by Gasteiger charge is -2.15. The molecule has 0 spiro atoms. The van der Waals surface area contributed by atoms with Crippen molar-refractivity contribution in [3.8, 4) is 50.7 Å². The molecule has 0 unspecified atom stereocenters. The minimum absolute atomic E-state index is 0.803. The Labute approximate surface area is 385 Å². The molecule has 14 aromatic rings. The molecule has 10 aromatic carbocycles. The standard InChI is InChI=1S/C62H39N5/c1-4-19-40(20-5-1)43-37-44(41-21-6-2-7-22-41)39-45(38-43)65-51-30-15-11-26-47(51)59-56(65)35-36-57-60(59)48-27-12-16-31-52(48)66(57)54-33-18-34-55-58(54)46-25-10-17-32-53(46)67(55)62-61(42-23-8-3-9-24-42)63-49-28-13-14-29-50(49)64-62/h1-39H. The zero-order chi connectivity index (χ0) is 44.0. The van der Waals surface area contributed by atoms with E-state index in [-0.39, 0.29) is 0 Å². The fourth-order valence-electron chi connectivity index (χ4n) is 10.7. The van der Waals surface area contributed by atoms with Gasteiger partial charge in [0.1, 0.15) is 5.69 Å². The second-order valence-electron chi connectivity index (χ2n) is 17.3. The fraction of sp³-hybridized carbons (Fsp3) is 0. The molecule has 0 aliphatic rings. The molecule has 4 aromatic heterocycles. The molecule has 0 fully saturated rings. The zero-order valence-electron chi connectivity index (χ0n) is 36.3. The van der Waals surface area contributed by atoms with Crippen molar-refractivity contribution in [2.24, 2.45) is 0 Å². The number of nitrogens with zero attached hydrogens (tertiary/aromatic N) is 5. The first kappa shape index (κ1) is 37.3. The van der Waals surface area contributed by atoms with Crippen LogP contribution in [-0.2, 0) is 0 Å². The summed E-state index contributed by atoms with van der Waals surface area (Å²) in [5.74, 6) is 0.803. The van der Waals surface area contributed by atoms with Crippen LogP contribution in [0.15, 0.2) is 237 Å². The van der Waals surface area contributed by atoms with Crippen molar-refractivity contribution < 1.29 is 0 Å². The zero-order valence-corrected chi connectivity index (χ0v) is 36.3. The molecule has 0 N–H and O–H groups in total. The predicted octanol–water partition coefficient (Wildman–Crippen LogP) is 15.9. The van der Waals surface area contributed by atoms with Crippen molar-refractivity contribution in [3.05, 3.63) is 237 Å². The lowest BCUT2D eigenvalue weighted by Crippen LogP contribution is -2.04. The lowest BCUT2D eigenvalue weighted by atomic mass is 9.98. The van der Waals surface area contributed by atoms with Crippen LogP contribution in [0.5, 0.6) is 0 Å². The van der Waals surface area contributed by atoms with Gasteiger partial charge in [-0.15, -0.1) is 0 Å². The van der Waals surface area contributed by atoms with Crippen molar-refractivity contribution >= 4 is 76.5 Å². The second-order valence-corrected chi connectivity index (χ2v) is 17.3. The summed E-state index contributed by atoms with van der Waals surface area (Å²) in [5, 5.41) is 7.21. The summed E-state index contributed by atoms with van der Waals surface area (Å²) in [6.45, 7) is 0. The van der Waals surface area contributed by atoms with Crippen molar-refractivity contribution in [2.45, 2.75) is 0 Å². The molecule has 4 heterocycles. The Hall–Kier alpha value is -9.06. The predicted molar refractivity (Wildman–Crippen MR) is 279 cm³/mol. The number of hydrogen-bond donors (Lipinski definition) is 0. The summed E-state index contributed by atoms with van der Waals surface area (Å²) in [5.41, 5.74) is 17.3.